The van der Waals surface area contributed by atoms with Gasteiger partial charge in [0, 0.05) is 34.4 Å². The predicted octanol–water partition coefficient (Wildman–Crippen LogP) is 4.01. The van der Waals surface area contributed by atoms with Crippen LogP contribution in [0.3, 0.4) is 0 Å². The van der Waals surface area contributed by atoms with Gasteiger partial charge in [-0.15, -0.1) is 11.8 Å². The van der Waals surface area contributed by atoms with E-state index in [0.717, 1.165) is 15.2 Å². The van der Waals surface area contributed by atoms with Gasteiger partial charge in [0.25, 0.3) is 17.7 Å². The van der Waals surface area contributed by atoms with Gasteiger partial charge in [-0.3, -0.25) is 24.1 Å². The molecule has 4 rings (SSSR count). The molecule has 0 radical (unpaired) electrons. The molecular weight excluding hydrogens is 466 g/mol. The Bertz CT molecular complexity index is 1310. The first-order valence-electron chi connectivity index (χ1n) is 10.9. The lowest BCUT2D eigenvalue weighted by Crippen LogP contribution is -2.41. The highest BCUT2D eigenvalue weighted by molar-refractivity contribution is 7.99. The average molecular weight is 488 g/mol. The van der Waals surface area contributed by atoms with Gasteiger partial charge in [-0.25, -0.2) is 0 Å². The SMILES string of the molecule is N#CCSc1ccccc1NC(=O)COC(=O)CCCN1C(=O)c2cccc3cccc(c23)C1=O. The average Bonchev–Trinajstić information content (AvgIpc) is 2.87. The van der Waals surface area contributed by atoms with E-state index in [4.69, 9.17) is 10.00 Å². The third-order valence-corrected chi connectivity index (χ3v) is 6.38. The Morgan fingerprint density at radius 2 is 1.66 bits per heavy atom. The smallest absolute Gasteiger partial charge is 0.306 e. The molecule has 0 aromatic heterocycles. The topological polar surface area (TPSA) is 117 Å². The number of thioether (sulfide) groups is 1. The second kappa shape index (κ2) is 10.8. The number of hydrogen-bond acceptors (Lipinski definition) is 7. The number of carbonyl (C=O) groups excluding carboxylic acids is 4. The van der Waals surface area contributed by atoms with Gasteiger partial charge < -0.3 is 10.1 Å². The number of amides is 3. The molecule has 3 aromatic carbocycles. The van der Waals surface area contributed by atoms with Crippen molar-refractivity contribution in [2.24, 2.45) is 0 Å². The number of benzene rings is 3. The van der Waals surface area contributed by atoms with Crippen LogP contribution in [-0.4, -0.2) is 47.5 Å². The van der Waals surface area contributed by atoms with Crippen molar-refractivity contribution < 1.29 is 23.9 Å². The number of nitrogens with zero attached hydrogens (tertiary/aromatic N) is 2. The molecule has 0 atom stereocenters. The highest BCUT2D eigenvalue weighted by atomic mass is 32.2. The number of hydrogen-bond donors (Lipinski definition) is 1. The largest absolute Gasteiger partial charge is 0.456 e. The lowest BCUT2D eigenvalue weighted by Gasteiger charge is -2.27. The Morgan fingerprint density at radius 3 is 2.34 bits per heavy atom. The molecule has 0 fully saturated rings. The Labute approximate surface area is 205 Å². The fourth-order valence-corrected chi connectivity index (χ4v) is 4.54. The molecule has 0 aliphatic carbocycles. The summed E-state index contributed by atoms with van der Waals surface area (Å²) in [6.07, 6.45) is 0.161. The van der Waals surface area contributed by atoms with E-state index in [1.54, 1.807) is 48.5 Å². The number of nitriles is 1. The number of ether oxygens (including phenoxy) is 1. The van der Waals surface area contributed by atoms with Gasteiger partial charge in [-0.05, 0) is 36.1 Å². The lowest BCUT2D eigenvalue weighted by atomic mass is 9.94. The zero-order valence-electron chi connectivity index (χ0n) is 18.7. The summed E-state index contributed by atoms with van der Waals surface area (Å²) in [4.78, 5) is 52.0. The summed E-state index contributed by atoms with van der Waals surface area (Å²) in [5.41, 5.74) is 1.46. The summed E-state index contributed by atoms with van der Waals surface area (Å²) < 4.78 is 5.04. The fourth-order valence-electron chi connectivity index (χ4n) is 3.88. The predicted molar refractivity (Wildman–Crippen MR) is 131 cm³/mol. The summed E-state index contributed by atoms with van der Waals surface area (Å²) >= 11 is 1.29. The van der Waals surface area contributed by atoms with Crippen LogP contribution in [0.1, 0.15) is 33.6 Å². The van der Waals surface area contributed by atoms with Crippen LogP contribution in [0.25, 0.3) is 10.8 Å². The number of anilines is 1. The molecule has 1 heterocycles. The molecule has 35 heavy (non-hydrogen) atoms. The molecule has 1 N–H and O–H groups in total. The first kappa shape index (κ1) is 24.0. The van der Waals surface area contributed by atoms with Gasteiger partial charge in [0.2, 0.25) is 0 Å². The molecule has 176 valence electrons. The van der Waals surface area contributed by atoms with Crippen molar-refractivity contribution in [2.45, 2.75) is 17.7 Å². The molecule has 8 nitrogen and oxygen atoms in total. The fraction of sp³-hybridized carbons (Fsp3) is 0.192. The van der Waals surface area contributed by atoms with E-state index in [-0.39, 0.29) is 37.0 Å². The van der Waals surface area contributed by atoms with Crippen LogP contribution in [0.4, 0.5) is 5.69 Å². The van der Waals surface area contributed by atoms with E-state index in [2.05, 4.69) is 5.32 Å². The lowest BCUT2D eigenvalue weighted by molar-refractivity contribution is -0.147. The Kier molecular flexibility index (Phi) is 7.43. The van der Waals surface area contributed by atoms with Crippen molar-refractivity contribution in [3.05, 3.63) is 71.8 Å². The third-order valence-electron chi connectivity index (χ3n) is 5.44. The third kappa shape index (κ3) is 5.34. The van der Waals surface area contributed by atoms with Crippen LogP contribution >= 0.6 is 11.8 Å². The molecule has 0 bridgehead atoms. The number of para-hydroxylation sites is 1. The Morgan fingerprint density at radius 1 is 0.971 bits per heavy atom. The van der Waals surface area contributed by atoms with Crippen LogP contribution in [0, 0.1) is 11.3 Å². The molecule has 0 saturated carbocycles. The minimum Gasteiger partial charge on any atom is -0.456 e. The summed E-state index contributed by atoms with van der Waals surface area (Å²) in [5, 5.41) is 12.9. The van der Waals surface area contributed by atoms with E-state index in [1.807, 2.05) is 18.2 Å². The summed E-state index contributed by atoms with van der Waals surface area (Å²) in [5.74, 6) is -1.65. The number of carbonyl (C=O) groups is 4. The van der Waals surface area contributed by atoms with E-state index >= 15 is 0 Å². The molecule has 3 amide bonds. The molecule has 1 aliphatic rings. The monoisotopic (exact) mass is 487 g/mol. The number of rotatable bonds is 9. The zero-order chi connectivity index (χ0) is 24.8. The van der Waals surface area contributed by atoms with Crippen LogP contribution in [0.15, 0.2) is 65.6 Å². The minimum atomic E-state index is -0.605. The van der Waals surface area contributed by atoms with Gasteiger partial charge >= 0.3 is 5.97 Å². The second-order valence-electron chi connectivity index (χ2n) is 7.73. The highest BCUT2D eigenvalue weighted by Gasteiger charge is 2.32. The number of imide groups is 1. The molecule has 0 spiro atoms. The van der Waals surface area contributed by atoms with E-state index in [1.165, 1.54) is 11.8 Å². The van der Waals surface area contributed by atoms with E-state index in [0.29, 0.717) is 22.2 Å². The first-order valence-corrected chi connectivity index (χ1v) is 11.9. The highest BCUT2D eigenvalue weighted by Crippen LogP contribution is 2.30. The summed E-state index contributed by atoms with van der Waals surface area (Å²) in [7, 11) is 0. The van der Waals surface area contributed by atoms with Crippen molar-refractivity contribution in [1.29, 1.82) is 5.26 Å². The number of esters is 1. The van der Waals surface area contributed by atoms with Crippen molar-refractivity contribution in [1.82, 2.24) is 4.90 Å². The second-order valence-corrected chi connectivity index (χ2v) is 8.74. The van der Waals surface area contributed by atoms with Gasteiger partial charge in [-0.1, -0.05) is 36.4 Å². The quantitative estimate of drug-likeness (QED) is 0.275. The van der Waals surface area contributed by atoms with Crippen LogP contribution < -0.4 is 5.32 Å². The van der Waals surface area contributed by atoms with Gasteiger partial charge in [0.1, 0.15) is 0 Å². The van der Waals surface area contributed by atoms with E-state index < -0.39 is 18.5 Å². The van der Waals surface area contributed by atoms with Crippen LogP contribution in [-0.2, 0) is 14.3 Å². The molecule has 0 saturated heterocycles. The molecular formula is C26H21N3O5S. The van der Waals surface area contributed by atoms with Crippen molar-refractivity contribution in [3.63, 3.8) is 0 Å². The maximum Gasteiger partial charge on any atom is 0.306 e. The normalized spacial score (nSPS) is 12.4. The first-order chi connectivity index (χ1) is 17.0. The zero-order valence-corrected chi connectivity index (χ0v) is 19.5. The van der Waals surface area contributed by atoms with Gasteiger partial charge in [0.15, 0.2) is 6.61 Å². The maximum atomic E-state index is 12.9. The van der Waals surface area contributed by atoms with Gasteiger partial charge in [0.05, 0.1) is 17.5 Å². The number of nitrogens with one attached hydrogen (secondary N) is 1. The standard InChI is InChI=1S/C26H21N3O5S/c27-13-15-35-21-11-2-1-10-20(21)28-22(30)16-34-23(31)12-5-14-29-25(32)18-8-3-6-17-7-4-9-19(24(17)18)26(29)33/h1-4,6-11H,5,12,14-16H2,(H,28,30). The van der Waals surface area contributed by atoms with Crippen molar-refractivity contribution >= 4 is 51.9 Å². The minimum absolute atomic E-state index is 0.0508. The molecule has 1 aliphatic heterocycles. The molecule has 3 aromatic rings. The van der Waals surface area contributed by atoms with Crippen LogP contribution in [0.2, 0.25) is 0 Å². The molecule has 0 unspecified atom stereocenters. The maximum absolute atomic E-state index is 12.9. The Hall–Kier alpha value is -4.16. The van der Waals surface area contributed by atoms with Crippen LogP contribution in [0.5, 0.6) is 0 Å². The van der Waals surface area contributed by atoms with Crippen molar-refractivity contribution in [3.8, 4) is 6.07 Å². The van der Waals surface area contributed by atoms with Gasteiger partial charge in [-0.2, -0.15) is 5.26 Å². The van der Waals surface area contributed by atoms with E-state index in [9.17, 15) is 19.2 Å². The summed E-state index contributed by atoms with van der Waals surface area (Å²) in [6, 6.07) is 19.7. The van der Waals surface area contributed by atoms with Crippen molar-refractivity contribution in [2.75, 3.05) is 24.2 Å². The molecule has 9 heteroatoms. The Balaban J connectivity index is 1.27. The summed E-state index contributed by atoms with van der Waals surface area (Å²) in [6.45, 7) is -0.403.